The van der Waals surface area contributed by atoms with Gasteiger partial charge in [0.15, 0.2) is 5.82 Å². The maximum absolute atomic E-state index is 10.7. The number of anilines is 1. The summed E-state index contributed by atoms with van der Waals surface area (Å²) in [6, 6.07) is 0. The Morgan fingerprint density at radius 1 is 1.60 bits per heavy atom. The molecule has 50 valence electrons. The Kier molecular flexibility index (Phi) is 0.913. The quantitative estimate of drug-likeness (QED) is 0.515. The highest BCUT2D eigenvalue weighted by Gasteiger charge is 2.19. The molecule has 1 N–H and O–H groups in total. The molecule has 5 nitrogen and oxygen atoms in total. The Morgan fingerprint density at radius 3 is 3.30 bits per heavy atom. The molecule has 0 aromatic carbocycles. The number of hydrogen-bond acceptors (Lipinski definition) is 4. The number of carbonyl (C=O) groups is 1. The molecule has 0 aliphatic carbocycles. The number of carbonyl (C=O) groups excluding carboxylic acids is 1. The smallest absolute Gasteiger partial charge is 0.231 e. The highest BCUT2D eigenvalue weighted by atomic mass is 16.1. The van der Waals surface area contributed by atoms with E-state index in [-0.39, 0.29) is 5.91 Å². The molecule has 2 rings (SSSR count). The monoisotopic (exact) mass is 136 g/mol. The topological polar surface area (TPSA) is 67.8 Å². The molecule has 1 aliphatic heterocycles. The molecular formula is C5H4N4O. The van der Waals surface area contributed by atoms with Crippen molar-refractivity contribution in [1.82, 2.24) is 15.2 Å². The summed E-state index contributed by atoms with van der Waals surface area (Å²) >= 11 is 0. The molecule has 0 saturated carbocycles. The number of hydrogen-bond donors (Lipinski definition) is 1. The highest BCUT2D eigenvalue weighted by molar-refractivity contribution is 5.96. The Hall–Kier alpha value is -1.52. The molecule has 2 heterocycles. The third-order valence-electron chi connectivity index (χ3n) is 1.28. The minimum atomic E-state index is -0.0667. The zero-order valence-electron chi connectivity index (χ0n) is 5.03. The minimum Gasteiger partial charge on any atom is -0.309 e. The van der Waals surface area contributed by atoms with E-state index in [9.17, 15) is 4.79 Å². The van der Waals surface area contributed by atoms with Gasteiger partial charge in [0, 0.05) is 0 Å². The van der Waals surface area contributed by atoms with Crippen molar-refractivity contribution < 1.29 is 4.79 Å². The summed E-state index contributed by atoms with van der Waals surface area (Å²) in [7, 11) is 0. The van der Waals surface area contributed by atoms with Gasteiger partial charge in [0.05, 0.1) is 6.42 Å². The Bertz CT molecular complexity index is 258. The SMILES string of the molecule is O=C1Cc2nncnc2N1. The standard InChI is InChI=1S/C5H4N4O/c10-4-1-3-5(8-4)6-2-7-9-3/h2H,1H2,(H,6,7,8,10). The second-order valence-electron chi connectivity index (χ2n) is 1.98. The van der Waals surface area contributed by atoms with E-state index in [4.69, 9.17) is 0 Å². The lowest BCUT2D eigenvalue weighted by atomic mass is 10.4. The second kappa shape index (κ2) is 1.73. The molecule has 0 bridgehead atoms. The van der Waals surface area contributed by atoms with E-state index >= 15 is 0 Å². The van der Waals surface area contributed by atoms with Crippen molar-refractivity contribution in [2.24, 2.45) is 0 Å². The van der Waals surface area contributed by atoms with Crippen LogP contribution in [0.4, 0.5) is 5.82 Å². The molecule has 1 aromatic heterocycles. The maximum Gasteiger partial charge on any atom is 0.231 e. The molecule has 1 amide bonds. The van der Waals surface area contributed by atoms with E-state index < -0.39 is 0 Å². The first-order chi connectivity index (χ1) is 4.86. The van der Waals surface area contributed by atoms with Crippen LogP contribution in [0.3, 0.4) is 0 Å². The van der Waals surface area contributed by atoms with Gasteiger partial charge in [-0.05, 0) is 0 Å². The Balaban J connectivity index is 2.51. The molecule has 0 atom stereocenters. The first kappa shape index (κ1) is 5.28. The van der Waals surface area contributed by atoms with Gasteiger partial charge in [-0.2, -0.15) is 0 Å². The van der Waals surface area contributed by atoms with Gasteiger partial charge in [-0.1, -0.05) is 0 Å². The number of aromatic nitrogens is 3. The van der Waals surface area contributed by atoms with E-state index in [1.807, 2.05) is 0 Å². The van der Waals surface area contributed by atoms with Crippen molar-refractivity contribution in [2.75, 3.05) is 5.32 Å². The molecule has 0 unspecified atom stereocenters. The van der Waals surface area contributed by atoms with Gasteiger partial charge < -0.3 is 5.32 Å². The van der Waals surface area contributed by atoms with Crippen LogP contribution in [0.2, 0.25) is 0 Å². The minimum absolute atomic E-state index is 0.0667. The predicted molar refractivity (Wildman–Crippen MR) is 32.2 cm³/mol. The van der Waals surface area contributed by atoms with Crippen LogP contribution in [0.5, 0.6) is 0 Å². The molecule has 5 heteroatoms. The molecule has 1 aliphatic rings. The summed E-state index contributed by atoms with van der Waals surface area (Å²) < 4.78 is 0. The van der Waals surface area contributed by atoms with Gasteiger partial charge in [-0.15, -0.1) is 10.2 Å². The van der Waals surface area contributed by atoms with Crippen LogP contribution in [-0.4, -0.2) is 21.1 Å². The Morgan fingerprint density at radius 2 is 2.50 bits per heavy atom. The second-order valence-corrected chi connectivity index (χ2v) is 1.98. The van der Waals surface area contributed by atoms with E-state index in [1.54, 1.807) is 0 Å². The fraction of sp³-hybridized carbons (Fsp3) is 0.200. The fourth-order valence-corrected chi connectivity index (χ4v) is 0.853. The number of nitrogens with one attached hydrogen (secondary N) is 1. The zero-order valence-corrected chi connectivity index (χ0v) is 5.03. The lowest BCUT2D eigenvalue weighted by molar-refractivity contribution is -0.115. The van der Waals surface area contributed by atoms with E-state index in [0.29, 0.717) is 17.9 Å². The fourth-order valence-electron chi connectivity index (χ4n) is 0.853. The number of amides is 1. The van der Waals surface area contributed by atoms with Crippen LogP contribution in [0.25, 0.3) is 0 Å². The number of fused-ring (bicyclic) bond motifs is 1. The van der Waals surface area contributed by atoms with Gasteiger partial charge in [0.1, 0.15) is 12.0 Å². The summed E-state index contributed by atoms with van der Waals surface area (Å²) in [4.78, 5) is 14.5. The van der Waals surface area contributed by atoms with E-state index in [2.05, 4.69) is 20.5 Å². The van der Waals surface area contributed by atoms with Crippen LogP contribution in [0, 0.1) is 0 Å². The third-order valence-corrected chi connectivity index (χ3v) is 1.28. The molecule has 0 saturated heterocycles. The largest absolute Gasteiger partial charge is 0.309 e. The van der Waals surface area contributed by atoms with Crippen LogP contribution in [-0.2, 0) is 11.2 Å². The van der Waals surface area contributed by atoms with Crippen LogP contribution in [0.1, 0.15) is 5.69 Å². The molecule has 0 radical (unpaired) electrons. The first-order valence-electron chi connectivity index (χ1n) is 2.82. The third kappa shape index (κ3) is 0.637. The summed E-state index contributed by atoms with van der Waals surface area (Å²) in [6.07, 6.45) is 1.61. The predicted octanol–water partition coefficient (Wildman–Crippen LogP) is -0.634. The van der Waals surface area contributed by atoms with Gasteiger partial charge in [-0.25, -0.2) is 4.98 Å². The van der Waals surface area contributed by atoms with Crippen molar-refractivity contribution in [2.45, 2.75) is 6.42 Å². The summed E-state index contributed by atoms with van der Waals surface area (Å²) in [5.41, 5.74) is 0.632. The van der Waals surface area contributed by atoms with Crippen LogP contribution >= 0.6 is 0 Å². The average Bonchev–Trinajstić information content (AvgIpc) is 2.27. The van der Waals surface area contributed by atoms with Crippen molar-refractivity contribution in [1.29, 1.82) is 0 Å². The highest BCUT2D eigenvalue weighted by Crippen LogP contribution is 2.14. The van der Waals surface area contributed by atoms with Gasteiger partial charge in [0.2, 0.25) is 5.91 Å². The lowest BCUT2D eigenvalue weighted by Gasteiger charge is -1.89. The lowest BCUT2D eigenvalue weighted by Crippen LogP contribution is -2.04. The van der Waals surface area contributed by atoms with Gasteiger partial charge in [-0.3, -0.25) is 4.79 Å². The molecule has 10 heavy (non-hydrogen) atoms. The average molecular weight is 136 g/mol. The van der Waals surface area contributed by atoms with Crippen molar-refractivity contribution in [3.63, 3.8) is 0 Å². The summed E-state index contributed by atoms with van der Waals surface area (Å²) in [5.74, 6) is 0.475. The van der Waals surface area contributed by atoms with Gasteiger partial charge >= 0.3 is 0 Å². The molecule has 0 spiro atoms. The van der Waals surface area contributed by atoms with Crippen molar-refractivity contribution >= 4 is 11.7 Å². The normalized spacial score (nSPS) is 14.6. The van der Waals surface area contributed by atoms with Crippen molar-refractivity contribution in [3.8, 4) is 0 Å². The number of nitrogens with zero attached hydrogens (tertiary/aromatic N) is 3. The summed E-state index contributed by atoms with van der Waals surface area (Å²) in [5, 5.41) is 9.80. The molecular weight excluding hydrogens is 132 g/mol. The maximum atomic E-state index is 10.7. The van der Waals surface area contributed by atoms with E-state index in [0.717, 1.165) is 0 Å². The zero-order chi connectivity index (χ0) is 6.97. The van der Waals surface area contributed by atoms with E-state index in [1.165, 1.54) is 6.33 Å². The molecule has 1 aromatic rings. The molecule has 0 fully saturated rings. The number of rotatable bonds is 0. The first-order valence-corrected chi connectivity index (χ1v) is 2.82. The van der Waals surface area contributed by atoms with Gasteiger partial charge in [0.25, 0.3) is 0 Å². The Labute approximate surface area is 56.5 Å². The van der Waals surface area contributed by atoms with Crippen molar-refractivity contribution in [3.05, 3.63) is 12.0 Å². The van der Waals surface area contributed by atoms with Crippen LogP contribution in [0.15, 0.2) is 6.33 Å². The van der Waals surface area contributed by atoms with Crippen LogP contribution < -0.4 is 5.32 Å². The summed E-state index contributed by atoms with van der Waals surface area (Å²) in [6.45, 7) is 0.